The Hall–Kier alpha value is -0.340. The molecule has 0 aromatic rings. The molecule has 1 aliphatic rings. The molecule has 23 heavy (non-hydrogen) atoms. The highest BCUT2D eigenvalue weighted by Crippen LogP contribution is 2.19. The number of ether oxygens (including phenoxy) is 1. The summed E-state index contributed by atoms with van der Waals surface area (Å²) in [7, 11) is 3.84. The lowest BCUT2D eigenvalue weighted by atomic mass is 9.97. The Balaban J connectivity index is 0.00000484. The molecule has 0 radical (unpaired) electrons. The summed E-state index contributed by atoms with van der Waals surface area (Å²) in [5.41, 5.74) is 1.61. The van der Waals surface area contributed by atoms with E-state index in [4.69, 9.17) is 4.74 Å². The maximum Gasteiger partial charge on any atom is 0.191 e. The van der Waals surface area contributed by atoms with Crippen molar-refractivity contribution in [2.45, 2.75) is 39.0 Å². The number of guanidine groups is 1. The fourth-order valence-corrected chi connectivity index (χ4v) is 2.51. The molecule has 0 amide bonds. The third-order valence-electron chi connectivity index (χ3n) is 3.90. The van der Waals surface area contributed by atoms with Gasteiger partial charge >= 0.3 is 0 Å². The Morgan fingerprint density at radius 3 is 2.78 bits per heavy atom. The molecule has 1 rings (SSSR count). The van der Waals surface area contributed by atoms with Crippen molar-refractivity contribution in [2.24, 2.45) is 4.99 Å². The van der Waals surface area contributed by atoms with E-state index in [2.05, 4.69) is 40.6 Å². The number of rotatable bonds is 10. The van der Waals surface area contributed by atoms with E-state index in [9.17, 15) is 0 Å². The van der Waals surface area contributed by atoms with Gasteiger partial charge in [-0.3, -0.25) is 4.99 Å². The summed E-state index contributed by atoms with van der Waals surface area (Å²) in [5.74, 6) is 0.930. The van der Waals surface area contributed by atoms with Crippen LogP contribution in [-0.2, 0) is 4.74 Å². The van der Waals surface area contributed by atoms with Crippen LogP contribution in [0, 0.1) is 0 Å². The average Bonchev–Trinajstić information content (AvgIpc) is 2.54. The molecule has 1 aliphatic carbocycles. The minimum Gasteiger partial charge on any atom is -0.383 e. The first kappa shape index (κ1) is 22.7. The maximum atomic E-state index is 5.08. The van der Waals surface area contributed by atoms with Gasteiger partial charge in [0.05, 0.1) is 13.2 Å². The quantitative estimate of drug-likeness (QED) is 0.238. The normalized spacial score (nSPS) is 15.1. The summed E-state index contributed by atoms with van der Waals surface area (Å²) in [5, 5.41) is 6.75. The van der Waals surface area contributed by atoms with Gasteiger partial charge in [0.15, 0.2) is 5.96 Å². The molecule has 2 N–H and O–H groups in total. The van der Waals surface area contributed by atoms with Crippen LogP contribution in [0.3, 0.4) is 0 Å². The summed E-state index contributed by atoms with van der Waals surface area (Å²) in [6, 6.07) is 0. The third-order valence-corrected chi connectivity index (χ3v) is 3.90. The molecule has 0 aromatic heterocycles. The fourth-order valence-electron chi connectivity index (χ4n) is 2.51. The van der Waals surface area contributed by atoms with Gasteiger partial charge in [-0.05, 0) is 46.1 Å². The van der Waals surface area contributed by atoms with Gasteiger partial charge in [0.1, 0.15) is 0 Å². The highest BCUT2D eigenvalue weighted by Gasteiger charge is 2.04. The van der Waals surface area contributed by atoms with E-state index in [0.717, 1.165) is 51.7 Å². The van der Waals surface area contributed by atoms with Crippen molar-refractivity contribution in [3.63, 3.8) is 0 Å². The number of nitrogens with zero attached hydrogens (tertiary/aromatic N) is 2. The molecular formula is C17H35IN4O. The van der Waals surface area contributed by atoms with Gasteiger partial charge in [0.2, 0.25) is 0 Å². The van der Waals surface area contributed by atoms with Crippen molar-refractivity contribution < 1.29 is 4.74 Å². The monoisotopic (exact) mass is 438 g/mol. The lowest BCUT2D eigenvalue weighted by Crippen LogP contribution is -2.38. The molecule has 0 unspecified atom stereocenters. The zero-order chi connectivity index (χ0) is 16.0. The van der Waals surface area contributed by atoms with Crippen LogP contribution in [-0.4, -0.2) is 64.3 Å². The summed E-state index contributed by atoms with van der Waals surface area (Å²) in [4.78, 5) is 6.88. The zero-order valence-electron chi connectivity index (χ0n) is 15.1. The Labute approximate surface area is 159 Å². The first-order chi connectivity index (χ1) is 10.8. The van der Waals surface area contributed by atoms with Gasteiger partial charge in [0, 0.05) is 33.3 Å². The Morgan fingerprint density at radius 1 is 1.30 bits per heavy atom. The molecule has 136 valence electrons. The topological polar surface area (TPSA) is 48.9 Å². The van der Waals surface area contributed by atoms with Crippen LogP contribution in [0.4, 0.5) is 0 Å². The van der Waals surface area contributed by atoms with Crippen LogP contribution >= 0.6 is 24.0 Å². The average molecular weight is 438 g/mol. The molecule has 0 spiro atoms. The van der Waals surface area contributed by atoms with Gasteiger partial charge in [-0.15, -0.1) is 24.0 Å². The number of hydrogen-bond donors (Lipinski definition) is 2. The second-order valence-corrected chi connectivity index (χ2v) is 5.84. The molecule has 0 atom stereocenters. The van der Waals surface area contributed by atoms with Crippen molar-refractivity contribution in [2.75, 3.05) is 53.5 Å². The largest absolute Gasteiger partial charge is 0.383 e. The third kappa shape index (κ3) is 11.8. The summed E-state index contributed by atoms with van der Waals surface area (Å²) in [6.07, 6.45) is 8.81. The molecule has 0 saturated carbocycles. The molecule has 6 heteroatoms. The maximum absolute atomic E-state index is 5.08. The van der Waals surface area contributed by atoms with Gasteiger partial charge < -0.3 is 20.3 Å². The van der Waals surface area contributed by atoms with Crippen LogP contribution in [0.5, 0.6) is 0 Å². The van der Waals surface area contributed by atoms with Crippen molar-refractivity contribution in [1.29, 1.82) is 0 Å². The van der Waals surface area contributed by atoms with Gasteiger partial charge in [-0.1, -0.05) is 11.6 Å². The van der Waals surface area contributed by atoms with Crippen LogP contribution < -0.4 is 10.6 Å². The molecular weight excluding hydrogens is 403 g/mol. The zero-order valence-corrected chi connectivity index (χ0v) is 17.4. The summed E-state index contributed by atoms with van der Waals surface area (Å²) in [6.45, 7) is 7.44. The number of nitrogens with one attached hydrogen (secondary N) is 2. The number of hydrogen-bond acceptors (Lipinski definition) is 3. The van der Waals surface area contributed by atoms with E-state index < -0.39 is 0 Å². The predicted octanol–water partition coefficient (Wildman–Crippen LogP) is 2.63. The first-order valence-corrected chi connectivity index (χ1v) is 8.63. The van der Waals surface area contributed by atoms with Gasteiger partial charge in [-0.2, -0.15) is 0 Å². The fraction of sp³-hybridized carbons (Fsp3) is 0.824. The number of methoxy groups -OCH3 is 1. The SMILES string of the molecule is CCNC(=NCCN(C)CCOC)NCCC1=CCCCC1.I. The van der Waals surface area contributed by atoms with E-state index >= 15 is 0 Å². The minimum atomic E-state index is 0. The highest BCUT2D eigenvalue weighted by molar-refractivity contribution is 14.0. The lowest BCUT2D eigenvalue weighted by Gasteiger charge is -2.16. The minimum absolute atomic E-state index is 0. The molecule has 0 aromatic carbocycles. The van der Waals surface area contributed by atoms with Crippen LogP contribution in [0.25, 0.3) is 0 Å². The van der Waals surface area contributed by atoms with Crippen molar-refractivity contribution >= 4 is 29.9 Å². The van der Waals surface area contributed by atoms with Gasteiger partial charge in [0.25, 0.3) is 0 Å². The number of halogens is 1. The predicted molar refractivity (Wildman–Crippen MR) is 110 cm³/mol. The smallest absolute Gasteiger partial charge is 0.191 e. The Kier molecular flexibility index (Phi) is 15.0. The van der Waals surface area contributed by atoms with E-state index in [1.54, 1.807) is 12.7 Å². The molecule has 5 nitrogen and oxygen atoms in total. The molecule has 0 aliphatic heterocycles. The van der Waals surface area contributed by atoms with Gasteiger partial charge in [-0.25, -0.2) is 0 Å². The highest BCUT2D eigenvalue weighted by atomic mass is 127. The van der Waals surface area contributed by atoms with Crippen LogP contribution in [0.2, 0.25) is 0 Å². The summed E-state index contributed by atoms with van der Waals surface area (Å²) >= 11 is 0. The standard InChI is InChI=1S/C17H34N4O.HI/c1-4-18-17(20-12-13-21(2)14-15-22-3)19-11-10-16-8-6-5-7-9-16;/h8H,4-7,9-15H2,1-3H3,(H2,18,19,20);1H. The summed E-state index contributed by atoms with van der Waals surface area (Å²) < 4.78 is 5.08. The lowest BCUT2D eigenvalue weighted by molar-refractivity contribution is 0.163. The Morgan fingerprint density at radius 2 is 2.13 bits per heavy atom. The molecule has 0 heterocycles. The number of aliphatic imine (C=N–C) groups is 1. The van der Waals surface area contributed by atoms with Crippen LogP contribution in [0.15, 0.2) is 16.6 Å². The van der Waals surface area contributed by atoms with Crippen LogP contribution in [0.1, 0.15) is 39.0 Å². The van der Waals surface area contributed by atoms with Crippen molar-refractivity contribution in [3.8, 4) is 0 Å². The van der Waals surface area contributed by atoms with E-state index in [1.807, 2.05) is 0 Å². The second-order valence-electron chi connectivity index (χ2n) is 5.84. The van der Waals surface area contributed by atoms with Crippen molar-refractivity contribution in [3.05, 3.63) is 11.6 Å². The van der Waals surface area contributed by atoms with E-state index in [1.165, 1.54) is 25.7 Å². The first-order valence-electron chi connectivity index (χ1n) is 8.63. The van der Waals surface area contributed by atoms with E-state index in [-0.39, 0.29) is 24.0 Å². The second kappa shape index (κ2) is 15.2. The molecule has 0 saturated heterocycles. The number of likely N-dealkylation sites (N-methyl/N-ethyl adjacent to an activating group) is 1. The molecule has 0 fully saturated rings. The van der Waals surface area contributed by atoms with E-state index in [0.29, 0.717) is 0 Å². The Bertz CT molecular complexity index is 347. The molecule has 0 bridgehead atoms. The number of allylic oxidation sites excluding steroid dienone is 1. The van der Waals surface area contributed by atoms with Crippen molar-refractivity contribution in [1.82, 2.24) is 15.5 Å².